The van der Waals surface area contributed by atoms with E-state index in [0.29, 0.717) is 0 Å². The van der Waals surface area contributed by atoms with Crippen LogP contribution in [0, 0.1) is 0 Å². The van der Waals surface area contributed by atoms with E-state index in [1.54, 1.807) is 0 Å². The maximum Gasteiger partial charge on any atom is 0.527 e. The summed E-state index contributed by atoms with van der Waals surface area (Å²) in [6, 6.07) is 0. The average molecular weight is 315 g/mol. The SMILES string of the molecule is FCOC(Cl)OC(OF)(OC(F)(F)F)C(F)(F)F. The van der Waals surface area contributed by atoms with Gasteiger partial charge in [0.2, 0.25) is 5.75 Å². The molecule has 0 bridgehead atoms. The molecule has 0 aliphatic carbocycles. The zero-order valence-corrected chi connectivity index (χ0v) is 8.58. The summed E-state index contributed by atoms with van der Waals surface area (Å²) < 4.78 is 104. The fourth-order valence-corrected chi connectivity index (χ4v) is 0.749. The van der Waals surface area contributed by atoms with Crippen LogP contribution in [0.4, 0.5) is 35.3 Å². The smallest absolute Gasteiger partial charge is 0.308 e. The first-order valence-electron chi connectivity index (χ1n) is 3.60. The maximum atomic E-state index is 12.2. The maximum absolute atomic E-state index is 12.2. The van der Waals surface area contributed by atoms with Crippen molar-refractivity contribution in [1.82, 2.24) is 0 Å². The summed E-state index contributed by atoms with van der Waals surface area (Å²) in [5.41, 5.74) is 0. The molecule has 0 aromatic rings. The highest BCUT2D eigenvalue weighted by atomic mass is 35.5. The molecule has 2 unspecified atom stereocenters. The first-order chi connectivity index (χ1) is 7.97. The second-order valence-electron chi connectivity index (χ2n) is 2.35. The molecule has 0 aliphatic rings. The summed E-state index contributed by atoms with van der Waals surface area (Å²) in [6.45, 7) is -1.82. The predicted octanol–water partition coefficient (Wildman–Crippen LogP) is 3.12. The van der Waals surface area contributed by atoms with Gasteiger partial charge in [-0.3, -0.25) is 4.74 Å². The van der Waals surface area contributed by atoms with Gasteiger partial charge in [-0.2, -0.15) is 13.2 Å². The number of hydrogen-bond donors (Lipinski definition) is 0. The number of hydrogen-bond acceptors (Lipinski definition) is 4. The zero-order chi connectivity index (χ0) is 14.6. The first-order valence-corrected chi connectivity index (χ1v) is 4.04. The standard InChI is InChI=1S/C5H3ClF8O4/c6-2(15-1-7)16-4(18-14,3(8,9)10)17-5(11,12)13/h2H,1H2. The Kier molecular flexibility index (Phi) is 6.00. The molecule has 18 heavy (non-hydrogen) atoms. The van der Waals surface area contributed by atoms with Gasteiger partial charge < -0.3 is 4.74 Å². The highest BCUT2D eigenvalue weighted by molar-refractivity contribution is 6.18. The lowest BCUT2D eigenvalue weighted by Crippen LogP contribution is -2.55. The van der Waals surface area contributed by atoms with Gasteiger partial charge in [0.1, 0.15) is 0 Å². The fraction of sp³-hybridized carbons (Fsp3) is 1.00. The van der Waals surface area contributed by atoms with Crippen LogP contribution < -0.4 is 0 Å². The molecule has 0 aromatic carbocycles. The minimum Gasteiger partial charge on any atom is -0.308 e. The van der Waals surface area contributed by atoms with E-state index in [1.165, 1.54) is 0 Å². The summed E-state index contributed by atoms with van der Waals surface area (Å²) in [7, 11) is 0. The van der Waals surface area contributed by atoms with Crippen LogP contribution in [0.5, 0.6) is 0 Å². The van der Waals surface area contributed by atoms with E-state index in [0.717, 1.165) is 0 Å². The minimum absolute atomic E-state index is 1.82. The minimum atomic E-state index is -6.15. The van der Waals surface area contributed by atoms with Crippen molar-refractivity contribution in [3.05, 3.63) is 0 Å². The molecule has 0 amide bonds. The molecule has 0 N–H and O–H groups in total. The third-order valence-corrected chi connectivity index (χ3v) is 1.36. The van der Waals surface area contributed by atoms with Crippen molar-refractivity contribution in [3.8, 4) is 0 Å². The lowest BCUT2D eigenvalue weighted by molar-refractivity contribution is -0.590. The molecule has 2 atom stereocenters. The van der Waals surface area contributed by atoms with Crippen LogP contribution in [-0.4, -0.2) is 31.1 Å². The summed E-state index contributed by atoms with van der Waals surface area (Å²) in [6.07, 6.45) is -12.1. The van der Waals surface area contributed by atoms with E-state index in [1.807, 2.05) is 4.94 Å². The monoisotopic (exact) mass is 314 g/mol. The molecular weight excluding hydrogens is 311 g/mol. The molecule has 0 aromatic heterocycles. The molecule has 0 aliphatic heterocycles. The van der Waals surface area contributed by atoms with Gasteiger partial charge in [0, 0.05) is 0 Å². The number of alkyl halides is 8. The third kappa shape index (κ3) is 5.06. The first kappa shape index (κ1) is 17.6. The Hall–Kier alpha value is -0.430. The van der Waals surface area contributed by atoms with Crippen molar-refractivity contribution in [3.63, 3.8) is 0 Å². The molecule has 4 nitrogen and oxygen atoms in total. The van der Waals surface area contributed by atoms with Crippen molar-refractivity contribution < 1.29 is 54.4 Å². The van der Waals surface area contributed by atoms with Crippen LogP contribution >= 0.6 is 11.6 Å². The molecule has 0 heterocycles. The Labute approximate surface area is 98.2 Å². The molecule has 0 fully saturated rings. The number of ether oxygens (including phenoxy) is 3. The van der Waals surface area contributed by atoms with Crippen molar-refractivity contribution in [2.75, 3.05) is 6.86 Å². The van der Waals surface area contributed by atoms with Crippen molar-refractivity contribution in [1.29, 1.82) is 0 Å². The van der Waals surface area contributed by atoms with Crippen LogP contribution in [0.15, 0.2) is 0 Å². The molecule has 0 spiro atoms. The quantitative estimate of drug-likeness (QED) is 0.429. The second kappa shape index (κ2) is 6.14. The second-order valence-corrected chi connectivity index (χ2v) is 2.70. The van der Waals surface area contributed by atoms with Crippen molar-refractivity contribution >= 4 is 11.6 Å². The number of halogens is 9. The van der Waals surface area contributed by atoms with Gasteiger partial charge >= 0.3 is 18.5 Å². The third-order valence-electron chi connectivity index (χ3n) is 1.14. The number of rotatable bonds is 6. The van der Waals surface area contributed by atoms with E-state index < -0.39 is 31.1 Å². The van der Waals surface area contributed by atoms with Gasteiger partial charge in [-0.25, -0.2) is 9.13 Å². The van der Waals surface area contributed by atoms with Gasteiger partial charge in [0.15, 0.2) is 6.86 Å². The van der Waals surface area contributed by atoms with Gasteiger partial charge in [-0.15, -0.1) is 18.1 Å². The Bertz CT molecular complexity index is 257. The normalized spacial score (nSPS) is 18.5. The molecular formula is C5H3ClF8O4. The van der Waals surface area contributed by atoms with Crippen LogP contribution in [0.1, 0.15) is 0 Å². The van der Waals surface area contributed by atoms with Gasteiger partial charge in [-0.1, -0.05) is 11.6 Å². The zero-order valence-electron chi connectivity index (χ0n) is 7.82. The Morgan fingerprint density at radius 1 is 1.06 bits per heavy atom. The largest absolute Gasteiger partial charge is 0.527 e. The molecule has 110 valence electrons. The lowest BCUT2D eigenvalue weighted by Gasteiger charge is -2.31. The van der Waals surface area contributed by atoms with Crippen LogP contribution in [-0.2, 0) is 19.2 Å². The predicted molar refractivity (Wildman–Crippen MR) is 35.9 cm³/mol. The molecule has 13 heteroatoms. The van der Waals surface area contributed by atoms with Gasteiger partial charge in [0.25, 0.3) is 0 Å². The lowest BCUT2D eigenvalue weighted by atomic mass is 10.5. The summed E-state index contributed by atoms with van der Waals surface area (Å²) in [5, 5.41) is 0. The van der Waals surface area contributed by atoms with Crippen molar-refractivity contribution in [2.45, 2.75) is 24.3 Å². The fourth-order valence-electron chi connectivity index (χ4n) is 0.584. The molecule has 0 rings (SSSR count). The van der Waals surface area contributed by atoms with Gasteiger partial charge in [-0.05, 0) is 4.53 Å². The highest BCUT2D eigenvalue weighted by Gasteiger charge is 2.67. The summed E-state index contributed by atoms with van der Waals surface area (Å²) in [4.78, 5) is 2.02. The summed E-state index contributed by atoms with van der Waals surface area (Å²) in [5.74, 6) is -7.98. The Morgan fingerprint density at radius 2 is 1.56 bits per heavy atom. The van der Waals surface area contributed by atoms with E-state index in [4.69, 9.17) is 11.6 Å². The van der Waals surface area contributed by atoms with Gasteiger partial charge in [0.05, 0.1) is 0 Å². The molecule has 0 radical (unpaired) electrons. The van der Waals surface area contributed by atoms with Crippen molar-refractivity contribution in [2.24, 2.45) is 0 Å². The van der Waals surface area contributed by atoms with Crippen LogP contribution in [0.2, 0.25) is 0 Å². The Balaban J connectivity index is 5.13. The van der Waals surface area contributed by atoms with Crippen LogP contribution in [0.3, 0.4) is 0 Å². The van der Waals surface area contributed by atoms with E-state index in [-0.39, 0.29) is 0 Å². The van der Waals surface area contributed by atoms with E-state index >= 15 is 0 Å². The summed E-state index contributed by atoms with van der Waals surface area (Å²) >= 11 is 4.70. The Morgan fingerprint density at radius 3 is 1.83 bits per heavy atom. The molecule has 0 saturated carbocycles. The average Bonchev–Trinajstić information content (AvgIpc) is 2.12. The molecule has 0 saturated heterocycles. The van der Waals surface area contributed by atoms with Crippen LogP contribution in [0.25, 0.3) is 0 Å². The topological polar surface area (TPSA) is 36.9 Å². The highest BCUT2D eigenvalue weighted by Crippen LogP contribution is 2.41. The van der Waals surface area contributed by atoms with E-state index in [2.05, 4.69) is 14.2 Å². The van der Waals surface area contributed by atoms with E-state index in [9.17, 15) is 35.3 Å².